The molecule has 116 valence electrons. The molecule has 2 aromatic carbocycles. The molecule has 2 N–H and O–H groups in total. The third-order valence-electron chi connectivity index (χ3n) is 3.06. The highest BCUT2D eigenvalue weighted by Crippen LogP contribution is 2.15. The molecule has 0 aliphatic carbocycles. The van der Waals surface area contributed by atoms with Gasteiger partial charge >= 0.3 is 0 Å². The van der Waals surface area contributed by atoms with Crippen molar-refractivity contribution in [3.8, 4) is 6.07 Å². The minimum Gasteiger partial charge on any atom is -0.332 e. The predicted molar refractivity (Wildman–Crippen MR) is 98.6 cm³/mol. The van der Waals surface area contributed by atoms with Gasteiger partial charge in [-0.1, -0.05) is 52.3 Å². The first kappa shape index (κ1) is 17.1. The Morgan fingerprint density at radius 3 is 2.52 bits per heavy atom. The number of nitrogens with zero attached hydrogens (tertiary/aromatic N) is 1. The van der Waals surface area contributed by atoms with Gasteiger partial charge in [-0.05, 0) is 42.4 Å². The van der Waals surface area contributed by atoms with E-state index in [0.717, 1.165) is 11.3 Å². The molecule has 0 bridgehead atoms. The lowest BCUT2D eigenvalue weighted by molar-refractivity contribution is 0.0977. The number of anilines is 1. The summed E-state index contributed by atoms with van der Waals surface area (Å²) in [7, 11) is 0. The maximum Gasteiger partial charge on any atom is 0.257 e. The van der Waals surface area contributed by atoms with E-state index in [9.17, 15) is 4.79 Å². The van der Waals surface area contributed by atoms with Crippen LogP contribution in [-0.2, 0) is 6.42 Å². The minimum absolute atomic E-state index is 0.228. The average Bonchev–Trinajstić information content (AvgIpc) is 2.56. The lowest BCUT2D eigenvalue weighted by Gasteiger charge is -2.12. The number of thiocarbonyl (C=S) groups is 1. The van der Waals surface area contributed by atoms with Gasteiger partial charge in [0.1, 0.15) is 4.83 Å². The van der Waals surface area contributed by atoms with Gasteiger partial charge in [-0.15, -0.1) is 0 Å². The molecule has 4 nitrogen and oxygen atoms in total. The summed E-state index contributed by atoms with van der Waals surface area (Å²) in [5, 5.41) is 14.7. The van der Waals surface area contributed by atoms with E-state index < -0.39 is 0 Å². The van der Waals surface area contributed by atoms with Crippen LogP contribution < -0.4 is 10.6 Å². The molecule has 2 aromatic rings. The lowest BCUT2D eigenvalue weighted by atomic mass is 10.0. The highest BCUT2D eigenvalue weighted by molar-refractivity contribution is 9.09. The van der Waals surface area contributed by atoms with Crippen LogP contribution in [0.3, 0.4) is 0 Å². The first-order valence-electron chi connectivity index (χ1n) is 6.89. The molecule has 0 saturated carbocycles. The van der Waals surface area contributed by atoms with Gasteiger partial charge in [-0.25, -0.2) is 0 Å². The Hall–Kier alpha value is -2.23. The zero-order valence-corrected chi connectivity index (χ0v) is 14.5. The van der Waals surface area contributed by atoms with Gasteiger partial charge in [0, 0.05) is 11.3 Å². The number of amides is 1. The molecule has 1 amide bonds. The molecule has 0 heterocycles. The predicted octanol–water partition coefficient (Wildman–Crippen LogP) is 3.64. The Morgan fingerprint density at radius 2 is 1.83 bits per heavy atom. The summed E-state index contributed by atoms with van der Waals surface area (Å²) < 4.78 is 0. The fourth-order valence-corrected chi connectivity index (χ4v) is 2.57. The van der Waals surface area contributed by atoms with Crippen molar-refractivity contribution in [2.24, 2.45) is 0 Å². The number of nitriles is 1. The van der Waals surface area contributed by atoms with E-state index in [1.807, 2.05) is 42.5 Å². The van der Waals surface area contributed by atoms with Crippen LogP contribution in [0, 0.1) is 11.3 Å². The molecule has 1 atom stereocenters. The van der Waals surface area contributed by atoms with Crippen molar-refractivity contribution in [3.05, 3.63) is 65.7 Å². The van der Waals surface area contributed by atoms with Crippen molar-refractivity contribution < 1.29 is 4.79 Å². The number of nitrogens with one attached hydrogen (secondary N) is 2. The Morgan fingerprint density at radius 1 is 1.17 bits per heavy atom. The molecule has 0 aromatic heterocycles. The second kappa shape index (κ2) is 8.42. The summed E-state index contributed by atoms with van der Waals surface area (Å²) >= 11 is 8.42. The van der Waals surface area contributed by atoms with Gasteiger partial charge in [0.2, 0.25) is 0 Å². The number of halogens is 1. The Kier molecular flexibility index (Phi) is 6.27. The standard InChI is InChI=1S/C17H14BrN3OS/c18-13(11-19)10-12-6-4-5-9-15(12)16(22)21-17(23)20-14-7-2-1-3-8-14/h1-9,13H,10H2,(H2,20,21,22,23). The zero-order valence-electron chi connectivity index (χ0n) is 12.1. The number of alkyl halides is 1. The number of para-hydroxylation sites is 1. The van der Waals surface area contributed by atoms with Crippen molar-refractivity contribution in [3.63, 3.8) is 0 Å². The Balaban J connectivity index is 2.06. The monoisotopic (exact) mass is 387 g/mol. The minimum atomic E-state index is -0.342. The fraction of sp³-hybridized carbons (Fsp3) is 0.118. The third kappa shape index (κ3) is 5.16. The Labute approximate surface area is 148 Å². The molecule has 0 radical (unpaired) electrons. The van der Waals surface area contributed by atoms with Crippen LogP contribution in [0.5, 0.6) is 0 Å². The number of carbonyl (C=O) groups excluding carboxylic acids is 1. The average molecular weight is 388 g/mol. The number of rotatable bonds is 4. The summed E-state index contributed by atoms with van der Waals surface area (Å²) in [6.07, 6.45) is 0.443. The van der Waals surface area contributed by atoms with Crippen LogP contribution in [0.1, 0.15) is 15.9 Å². The molecule has 23 heavy (non-hydrogen) atoms. The largest absolute Gasteiger partial charge is 0.332 e. The van der Waals surface area contributed by atoms with Crippen molar-refractivity contribution in [2.75, 3.05) is 5.32 Å². The molecule has 0 aliphatic rings. The van der Waals surface area contributed by atoms with Gasteiger partial charge in [0.15, 0.2) is 5.11 Å². The van der Waals surface area contributed by atoms with Crippen LogP contribution in [0.2, 0.25) is 0 Å². The molecule has 2 rings (SSSR count). The number of benzene rings is 2. The van der Waals surface area contributed by atoms with Crippen LogP contribution in [-0.4, -0.2) is 15.8 Å². The molecule has 6 heteroatoms. The van der Waals surface area contributed by atoms with Crippen molar-refractivity contribution in [1.82, 2.24) is 5.32 Å². The van der Waals surface area contributed by atoms with Gasteiger partial charge in [0.25, 0.3) is 5.91 Å². The normalized spacial score (nSPS) is 11.1. The number of carbonyl (C=O) groups is 1. The quantitative estimate of drug-likeness (QED) is 0.620. The molecular formula is C17H14BrN3OS. The van der Waals surface area contributed by atoms with E-state index in [1.54, 1.807) is 12.1 Å². The number of hydrogen-bond acceptors (Lipinski definition) is 3. The third-order valence-corrected chi connectivity index (χ3v) is 3.79. The second-order valence-corrected chi connectivity index (χ2v) is 6.25. The first-order chi connectivity index (χ1) is 11.1. The smallest absolute Gasteiger partial charge is 0.257 e. The molecule has 0 fully saturated rings. The lowest BCUT2D eigenvalue weighted by Crippen LogP contribution is -2.34. The van der Waals surface area contributed by atoms with Crippen molar-refractivity contribution in [1.29, 1.82) is 5.26 Å². The molecular weight excluding hydrogens is 374 g/mol. The van der Waals surface area contributed by atoms with Gasteiger partial charge in [-0.3, -0.25) is 10.1 Å². The summed E-state index contributed by atoms with van der Waals surface area (Å²) in [6.45, 7) is 0. The van der Waals surface area contributed by atoms with Gasteiger partial charge in [0.05, 0.1) is 6.07 Å². The first-order valence-corrected chi connectivity index (χ1v) is 8.21. The zero-order chi connectivity index (χ0) is 16.7. The van der Waals surface area contributed by atoms with E-state index in [1.165, 1.54) is 0 Å². The fourth-order valence-electron chi connectivity index (χ4n) is 2.01. The topological polar surface area (TPSA) is 64.9 Å². The second-order valence-electron chi connectivity index (χ2n) is 4.73. The summed E-state index contributed by atoms with van der Waals surface area (Å²) in [4.78, 5) is 12.1. The van der Waals surface area contributed by atoms with Gasteiger partial charge < -0.3 is 5.32 Å². The highest BCUT2D eigenvalue weighted by Gasteiger charge is 2.14. The van der Waals surface area contributed by atoms with Crippen LogP contribution in [0.4, 0.5) is 5.69 Å². The summed E-state index contributed by atoms with van der Waals surface area (Å²) in [5.74, 6) is -0.299. The number of hydrogen-bond donors (Lipinski definition) is 2. The SMILES string of the molecule is N#CC(Br)Cc1ccccc1C(=O)NC(=S)Nc1ccccc1. The summed E-state index contributed by atoms with van der Waals surface area (Å²) in [5.41, 5.74) is 2.09. The molecule has 0 spiro atoms. The van der Waals surface area contributed by atoms with Crippen molar-refractivity contribution >= 4 is 44.9 Å². The maximum absolute atomic E-state index is 12.4. The van der Waals surface area contributed by atoms with Crippen LogP contribution in [0.25, 0.3) is 0 Å². The highest BCUT2D eigenvalue weighted by atomic mass is 79.9. The van der Waals surface area contributed by atoms with E-state index in [4.69, 9.17) is 17.5 Å². The Bertz CT molecular complexity index is 743. The molecule has 0 aliphatic heterocycles. The van der Waals surface area contributed by atoms with E-state index in [-0.39, 0.29) is 15.8 Å². The molecule has 0 saturated heterocycles. The molecule has 1 unspecified atom stereocenters. The van der Waals surface area contributed by atoms with Gasteiger partial charge in [-0.2, -0.15) is 5.26 Å². The van der Waals surface area contributed by atoms with E-state index >= 15 is 0 Å². The van der Waals surface area contributed by atoms with E-state index in [0.29, 0.717) is 12.0 Å². The van der Waals surface area contributed by atoms with Crippen molar-refractivity contribution in [2.45, 2.75) is 11.2 Å². The van der Waals surface area contributed by atoms with Crippen LogP contribution >= 0.6 is 28.1 Å². The maximum atomic E-state index is 12.4. The van der Waals surface area contributed by atoms with E-state index in [2.05, 4.69) is 32.6 Å². The van der Waals surface area contributed by atoms with Crippen LogP contribution in [0.15, 0.2) is 54.6 Å². The summed E-state index contributed by atoms with van der Waals surface area (Å²) in [6, 6.07) is 18.6.